The van der Waals surface area contributed by atoms with E-state index in [9.17, 15) is 4.79 Å². The quantitative estimate of drug-likeness (QED) is 0.759. The van der Waals surface area contributed by atoms with Crippen molar-refractivity contribution in [1.82, 2.24) is 10.2 Å². The number of rotatable bonds is 5. The van der Waals surface area contributed by atoms with Crippen LogP contribution in [-0.4, -0.2) is 49.7 Å². The molecule has 1 rings (SSSR count). The van der Waals surface area contributed by atoms with E-state index < -0.39 is 0 Å². The maximum atomic E-state index is 11.8. The highest BCUT2D eigenvalue weighted by atomic mass is 16.5. The third kappa shape index (κ3) is 4.10. The number of hydrogen-bond donors (Lipinski definition) is 1. The molecule has 1 N–H and O–H groups in total. The van der Waals surface area contributed by atoms with Gasteiger partial charge in [0, 0.05) is 19.1 Å². The zero-order valence-corrected chi connectivity index (χ0v) is 10.7. The summed E-state index contributed by atoms with van der Waals surface area (Å²) in [5, 5.41) is 3.30. The lowest BCUT2D eigenvalue weighted by molar-refractivity contribution is -0.134. The van der Waals surface area contributed by atoms with Crippen LogP contribution < -0.4 is 5.32 Å². The summed E-state index contributed by atoms with van der Waals surface area (Å²) in [7, 11) is 0. The summed E-state index contributed by atoms with van der Waals surface area (Å²) < 4.78 is 5.22. The molecule has 0 bridgehead atoms. The number of amides is 1. The molecule has 1 amide bonds. The molecule has 4 heteroatoms. The van der Waals surface area contributed by atoms with E-state index in [0.717, 1.165) is 19.5 Å². The molecule has 0 aromatic rings. The molecular weight excluding hydrogens is 204 g/mol. The molecule has 0 saturated carbocycles. The smallest absolute Gasteiger partial charge is 0.236 e. The van der Waals surface area contributed by atoms with E-state index in [-0.39, 0.29) is 5.91 Å². The minimum Gasteiger partial charge on any atom is -0.378 e. The summed E-state index contributed by atoms with van der Waals surface area (Å²) in [5.41, 5.74) is 0. The number of hydrogen-bond acceptors (Lipinski definition) is 3. The van der Waals surface area contributed by atoms with Crippen molar-refractivity contribution in [3.05, 3.63) is 0 Å². The van der Waals surface area contributed by atoms with Gasteiger partial charge in [0.15, 0.2) is 0 Å². The Morgan fingerprint density at radius 2 is 2.00 bits per heavy atom. The first-order valence-corrected chi connectivity index (χ1v) is 6.24. The van der Waals surface area contributed by atoms with Crippen LogP contribution in [0.25, 0.3) is 0 Å². The molecule has 94 valence electrons. The van der Waals surface area contributed by atoms with E-state index in [2.05, 4.69) is 26.1 Å². The van der Waals surface area contributed by atoms with E-state index in [1.807, 2.05) is 4.90 Å². The maximum Gasteiger partial charge on any atom is 0.236 e. The normalized spacial score (nSPS) is 20.6. The van der Waals surface area contributed by atoms with Crippen molar-refractivity contribution in [3.8, 4) is 0 Å². The lowest BCUT2D eigenvalue weighted by atomic mass is 10.0. The largest absolute Gasteiger partial charge is 0.378 e. The molecule has 1 heterocycles. The molecule has 2 unspecified atom stereocenters. The minimum atomic E-state index is 0.193. The number of carbonyl (C=O) groups excluding carboxylic acids is 1. The number of nitrogens with one attached hydrogen (secondary N) is 1. The second-order valence-electron chi connectivity index (χ2n) is 4.55. The lowest BCUT2D eigenvalue weighted by Crippen LogP contribution is -2.46. The molecule has 4 nitrogen and oxygen atoms in total. The highest BCUT2D eigenvalue weighted by Crippen LogP contribution is 2.06. The van der Waals surface area contributed by atoms with Crippen molar-refractivity contribution in [3.63, 3.8) is 0 Å². The van der Waals surface area contributed by atoms with Gasteiger partial charge in [-0.2, -0.15) is 0 Å². The molecule has 1 fully saturated rings. The molecule has 0 spiro atoms. The third-order valence-electron chi connectivity index (χ3n) is 3.44. The van der Waals surface area contributed by atoms with Gasteiger partial charge in [-0.1, -0.05) is 20.3 Å². The van der Waals surface area contributed by atoms with Crippen LogP contribution in [0.3, 0.4) is 0 Å². The van der Waals surface area contributed by atoms with Crippen molar-refractivity contribution in [2.45, 2.75) is 33.2 Å². The SMILES string of the molecule is CCC(C)C(C)NCC(=O)N1CCOCC1. The second kappa shape index (κ2) is 6.86. The van der Waals surface area contributed by atoms with E-state index in [1.165, 1.54) is 0 Å². The molecule has 0 aromatic carbocycles. The lowest BCUT2D eigenvalue weighted by Gasteiger charge is -2.28. The predicted octanol–water partition coefficient (Wildman–Crippen LogP) is 0.869. The van der Waals surface area contributed by atoms with Crippen LogP contribution in [0.1, 0.15) is 27.2 Å². The molecule has 0 radical (unpaired) electrons. The van der Waals surface area contributed by atoms with Crippen LogP contribution in [0.5, 0.6) is 0 Å². The third-order valence-corrected chi connectivity index (χ3v) is 3.44. The van der Waals surface area contributed by atoms with Gasteiger partial charge in [0.25, 0.3) is 0 Å². The van der Waals surface area contributed by atoms with Gasteiger partial charge in [-0.15, -0.1) is 0 Å². The standard InChI is InChI=1S/C12H24N2O2/c1-4-10(2)11(3)13-9-12(15)14-5-7-16-8-6-14/h10-11,13H,4-9H2,1-3H3. The summed E-state index contributed by atoms with van der Waals surface area (Å²) in [6.07, 6.45) is 1.14. The number of carbonyl (C=O) groups is 1. The molecule has 1 aliphatic heterocycles. The maximum absolute atomic E-state index is 11.8. The van der Waals surface area contributed by atoms with Crippen molar-refractivity contribution >= 4 is 5.91 Å². The number of nitrogens with zero attached hydrogens (tertiary/aromatic N) is 1. The van der Waals surface area contributed by atoms with E-state index in [0.29, 0.717) is 31.7 Å². The first-order valence-electron chi connectivity index (χ1n) is 6.24. The molecule has 1 aliphatic rings. The predicted molar refractivity (Wildman–Crippen MR) is 64.3 cm³/mol. The molecule has 2 atom stereocenters. The summed E-state index contributed by atoms with van der Waals surface area (Å²) in [6.45, 7) is 9.78. The van der Waals surface area contributed by atoms with Crippen molar-refractivity contribution in [1.29, 1.82) is 0 Å². The highest BCUT2D eigenvalue weighted by molar-refractivity contribution is 5.78. The Labute approximate surface area is 98.3 Å². The van der Waals surface area contributed by atoms with Crippen molar-refractivity contribution < 1.29 is 9.53 Å². The highest BCUT2D eigenvalue weighted by Gasteiger charge is 2.18. The van der Waals surface area contributed by atoms with Crippen molar-refractivity contribution in [2.24, 2.45) is 5.92 Å². The first-order chi connectivity index (χ1) is 7.65. The Kier molecular flexibility index (Phi) is 5.77. The van der Waals surface area contributed by atoms with Crippen LogP contribution in [0.15, 0.2) is 0 Å². The Bertz CT molecular complexity index is 215. The molecule has 16 heavy (non-hydrogen) atoms. The van der Waals surface area contributed by atoms with Gasteiger partial charge in [-0.05, 0) is 12.8 Å². The van der Waals surface area contributed by atoms with Gasteiger partial charge in [-0.3, -0.25) is 4.79 Å². The second-order valence-corrected chi connectivity index (χ2v) is 4.55. The van der Waals surface area contributed by atoms with Crippen LogP contribution in [-0.2, 0) is 9.53 Å². The minimum absolute atomic E-state index is 0.193. The number of ether oxygens (including phenoxy) is 1. The fraction of sp³-hybridized carbons (Fsp3) is 0.917. The fourth-order valence-corrected chi connectivity index (χ4v) is 1.73. The van der Waals surface area contributed by atoms with E-state index >= 15 is 0 Å². The Morgan fingerprint density at radius 1 is 1.38 bits per heavy atom. The van der Waals surface area contributed by atoms with Crippen molar-refractivity contribution in [2.75, 3.05) is 32.8 Å². The van der Waals surface area contributed by atoms with E-state index in [1.54, 1.807) is 0 Å². The van der Waals surface area contributed by atoms with Crippen LogP contribution in [0, 0.1) is 5.92 Å². The van der Waals surface area contributed by atoms with Gasteiger partial charge < -0.3 is 15.0 Å². The fourth-order valence-electron chi connectivity index (χ4n) is 1.73. The topological polar surface area (TPSA) is 41.6 Å². The Hall–Kier alpha value is -0.610. The van der Waals surface area contributed by atoms with Crippen LogP contribution in [0.4, 0.5) is 0 Å². The molecular formula is C12H24N2O2. The van der Waals surface area contributed by atoms with Gasteiger partial charge in [0.05, 0.1) is 19.8 Å². The van der Waals surface area contributed by atoms with Gasteiger partial charge in [0.1, 0.15) is 0 Å². The summed E-state index contributed by atoms with van der Waals surface area (Å²) >= 11 is 0. The van der Waals surface area contributed by atoms with E-state index in [4.69, 9.17) is 4.74 Å². The van der Waals surface area contributed by atoms with Crippen LogP contribution >= 0.6 is 0 Å². The Balaban J connectivity index is 2.23. The summed E-state index contributed by atoms with van der Waals surface area (Å²) in [4.78, 5) is 13.7. The monoisotopic (exact) mass is 228 g/mol. The zero-order valence-electron chi connectivity index (χ0n) is 10.7. The first kappa shape index (κ1) is 13.5. The Morgan fingerprint density at radius 3 is 2.56 bits per heavy atom. The van der Waals surface area contributed by atoms with Gasteiger partial charge >= 0.3 is 0 Å². The summed E-state index contributed by atoms with van der Waals surface area (Å²) in [5.74, 6) is 0.802. The zero-order chi connectivity index (χ0) is 12.0. The molecule has 0 aromatic heterocycles. The average molecular weight is 228 g/mol. The molecule has 1 saturated heterocycles. The number of morpholine rings is 1. The summed E-state index contributed by atoms with van der Waals surface area (Å²) in [6, 6.07) is 0.398. The van der Waals surface area contributed by atoms with Crippen LogP contribution in [0.2, 0.25) is 0 Å². The molecule has 0 aliphatic carbocycles. The van der Waals surface area contributed by atoms with Gasteiger partial charge in [-0.25, -0.2) is 0 Å². The average Bonchev–Trinajstić information content (AvgIpc) is 2.35. The van der Waals surface area contributed by atoms with Gasteiger partial charge in [0.2, 0.25) is 5.91 Å².